The molecule has 1 N–H and O–H groups in total. The van der Waals surface area contributed by atoms with Crippen molar-refractivity contribution in [2.45, 2.75) is 20.5 Å². The Kier molecular flexibility index (Phi) is 4.90. The van der Waals surface area contributed by atoms with Crippen LogP contribution in [0.4, 0.5) is 5.82 Å². The molecule has 0 bridgehead atoms. The lowest BCUT2D eigenvalue weighted by Crippen LogP contribution is -2.04. The molecule has 0 saturated heterocycles. The van der Waals surface area contributed by atoms with Crippen molar-refractivity contribution in [3.63, 3.8) is 0 Å². The highest BCUT2D eigenvalue weighted by molar-refractivity contribution is 5.51. The van der Waals surface area contributed by atoms with Gasteiger partial charge in [-0.1, -0.05) is 0 Å². The monoisotopic (exact) mass is 210 g/mol. The molecule has 0 saturated carbocycles. The summed E-state index contributed by atoms with van der Waals surface area (Å²) in [5.74, 6) is 1.58. The molecule has 0 unspecified atom stereocenters. The van der Waals surface area contributed by atoms with Crippen molar-refractivity contribution in [2.75, 3.05) is 25.6 Å². The number of rotatable bonds is 6. The van der Waals surface area contributed by atoms with Gasteiger partial charge in [-0.25, -0.2) is 4.98 Å². The van der Waals surface area contributed by atoms with E-state index in [1.165, 1.54) is 0 Å². The van der Waals surface area contributed by atoms with Crippen molar-refractivity contribution >= 4 is 5.82 Å². The molecule has 0 aliphatic carbocycles. The summed E-state index contributed by atoms with van der Waals surface area (Å²) < 4.78 is 10.5. The first-order valence-corrected chi connectivity index (χ1v) is 5.16. The summed E-state index contributed by atoms with van der Waals surface area (Å²) in [5, 5.41) is 3.15. The molecule has 0 aliphatic rings. The van der Waals surface area contributed by atoms with Gasteiger partial charge in [0.1, 0.15) is 0 Å². The number of hydrogen-bond donors (Lipinski definition) is 1. The Morgan fingerprint density at radius 3 is 2.80 bits per heavy atom. The minimum atomic E-state index is 0.555. The number of anilines is 1. The normalized spacial score (nSPS) is 10.1. The molecule has 0 radical (unpaired) electrons. The molecule has 84 valence electrons. The van der Waals surface area contributed by atoms with Gasteiger partial charge in [-0.05, 0) is 25.5 Å². The number of aromatic nitrogens is 1. The molecule has 1 aromatic rings. The molecule has 1 rings (SSSR count). The summed E-state index contributed by atoms with van der Waals surface area (Å²) in [5.41, 5.74) is 1.02. The molecule has 4 nitrogen and oxygen atoms in total. The Hall–Kier alpha value is -1.29. The van der Waals surface area contributed by atoms with Gasteiger partial charge in [0.15, 0.2) is 11.6 Å². The molecule has 0 atom stereocenters. The maximum absolute atomic E-state index is 5.50. The second kappa shape index (κ2) is 6.24. The van der Waals surface area contributed by atoms with Gasteiger partial charge in [0.05, 0.1) is 13.2 Å². The summed E-state index contributed by atoms with van der Waals surface area (Å²) in [6.07, 6.45) is 1.80. The van der Waals surface area contributed by atoms with E-state index in [4.69, 9.17) is 9.47 Å². The van der Waals surface area contributed by atoms with Gasteiger partial charge >= 0.3 is 0 Å². The van der Waals surface area contributed by atoms with Crippen molar-refractivity contribution in [3.05, 3.63) is 17.8 Å². The molecule has 1 aromatic heterocycles. The third kappa shape index (κ3) is 3.40. The average molecular weight is 210 g/mol. The van der Waals surface area contributed by atoms with Crippen LogP contribution in [0.1, 0.15) is 19.4 Å². The van der Waals surface area contributed by atoms with E-state index in [0.717, 1.165) is 23.7 Å². The predicted molar refractivity (Wildman–Crippen MR) is 60.3 cm³/mol. The SMILES string of the molecule is CCNc1ncc(COC)cc1OCC. The first-order chi connectivity index (χ1) is 7.31. The van der Waals surface area contributed by atoms with E-state index in [-0.39, 0.29) is 0 Å². The van der Waals surface area contributed by atoms with Crippen LogP contribution in [0.15, 0.2) is 12.3 Å². The van der Waals surface area contributed by atoms with Gasteiger partial charge in [0.25, 0.3) is 0 Å². The van der Waals surface area contributed by atoms with Crippen LogP contribution in [-0.4, -0.2) is 25.2 Å². The largest absolute Gasteiger partial charge is 0.490 e. The fourth-order valence-corrected chi connectivity index (χ4v) is 1.30. The van der Waals surface area contributed by atoms with E-state index in [2.05, 4.69) is 10.3 Å². The molecule has 0 aromatic carbocycles. The van der Waals surface area contributed by atoms with E-state index in [1.807, 2.05) is 19.9 Å². The zero-order valence-electron chi connectivity index (χ0n) is 9.54. The average Bonchev–Trinajstić information content (AvgIpc) is 2.23. The highest BCUT2D eigenvalue weighted by Gasteiger charge is 2.05. The highest BCUT2D eigenvalue weighted by atomic mass is 16.5. The number of ether oxygens (including phenoxy) is 2. The molecule has 0 aliphatic heterocycles. The van der Waals surface area contributed by atoms with Crippen LogP contribution >= 0.6 is 0 Å². The maximum atomic E-state index is 5.50. The van der Waals surface area contributed by atoms with E-state index in [9.17, 15) is 0 Å². The molecule has 4 heteroatoms. The Bertz CT molecular complexity index is 303. The van der Waals surface area contributed by atoms with E-state index >= 15 is 0 Å². The number of pyridine rings is 1. The van der Waals surface area contributed by atoms with E-state index in [0.29, 0.717) is 13.2 Å². The Balaban J connectivity index is 2.87. The Morgan fingerprint density at radius 1 is 1.40 bits per heavy atom. The topological polar surface area (TPSA) is 43.4 Å². The first kappa shape index (κ1) is 11.8. The molecular formula is C11H18N2O2. The minimum Gasteiger partial charge on any atom is -0.490 e. The molecule has 0 fully saturated rings. The molecule has 1 heterocycles. The van der Waals surface area contributed by atoms with Gasteiger partial charge < -0.3 is 14.8 Å². The Labute approximate surface area is 90.6 Å². The van der Waals surface area contributed by atoms with E-state index in [1.54, 1.807) is 13.3 Å². The quantitative estimate of drug-likeness (QED) is 0.780. The van der Waals surface area contributed by atoms with Gasteiger partial charge in [-0.2, -0.15) is 0 Å². The lowest BCUT2D eigenvalue weighted by Gasteiger charge is -2.11. The zero-order valence-corrected chi connectivity index (χ0v) is 9.54. The summed E-state index contributed by atoms with van der Waals surface area (Å²) in [6, 6.07) is 1.96. The van der Waals surface area contributed by atoms with Gasteiger partial charge in [-0.15, -0.1) is 0 Å². The zero-order chi connectivity index (χ0) is 11.1. The van der Waals surface area contributed by atoms with Crippen LogP contribution in [-0.2, 0) is 11.3 Å². The standard InChI is InChI=1S/C11H18N2O2/c1-4-12-11-10(15-5-2)6-9(7-13-11)8-14-3/h6-7H,4-5,8H2,1-3H3,(H,12,13). The van der Waals surface area contributed by atoms with Crippen molar-refractivity contribution in [3.8, 4) is 5.75 Å². The third-order valence-electron chi connectivity index (χ3n) is 1.86. The van der Waals surface area contributed by atoms with Crippen LogP contribution in [0.3, 0.4) is 0 Å². The van der Waals surface area contributed by atoms with Crippen LogP contribution in [0.2, 0.25) is 0 Å². The fraction of sp³-hybridized carbons (Fsp3) is 0.545. The highest BCUT2D eigenvalue weighted by Crippen LogP contribution is 2.23. The van der Waals surface area contributed by atoms with Crippen molar-refractivity contribution in [1.82, 2.24) is 4.98 Å². The number of methoxy groups -OCH3 is 1. The van der Waals surface area contributed by atoms with Crippen LogP contribution in [0.5, 0.6) is 5.75 Å². The number of nitrogens with one attached hydrogen (secondary N) is 1. The van der Waals surface area contributed by atoms with Crippen molar-refractivity contribution in [1.29, 1.82) is 0 Å². The predicted octanol–water partition coefficient (Wildman–Crippen LogP) is 2.06. The van der Waals surface area contributed by atoms with Gasteiger partial charge in [0.2, 0.25) is 0 Å². The summed E-state index contributed by atoms with van der Waals surface area (Å²) in [4.78, 5) is 4.29. The number of nitrogens with zero attached hydrogens (tertiary/aromatic N) is 1. The first-order valence-electron chi connectivity index (χ1n) is 5.16. The van der Waals surface area contributed by atoms with Gasteiger partial charge in [0, 0.05) is 19.9 Å². The maximum Gasteiger partial charge on any atom is 0.168 e. The number of hydrogen-bond acceptors (Lipinski definition) is 4. The van der Waals surface area contributed by atoms with Crippen LogP contribution < -0.4 is 10.1 Å². The molecule has 15 heavy (non-hydrogen) atoms. The third-order valence-corrected chi connectivity index (χ3v) is 1.86. The second-order valence-corrected chi connectivity index (χ2v) is 3.09. The molecule has 0 spiro atoms. The fourth-order valence-electron chi connectivity index (χ4n) is 1.30. The lowest BCUT2D eigenvalue weighted by atomic mass is 10.3. The lowest BCUT2D eigenvalue weighted by molar-refractivity contribution is 0.184. The summed E-state index contributed by atoms with van der Waals surface area (Å²) >= 11 is 0. The van der Waals surface area contributed by atoms with Crippen LogP contribution in [0, 0.1) is 0 Å². The summed E-state index contributed by atoms with van der Waals surface area (Å²) in [6.45, 7) is 6.01. The van der Waals surface area contributed by atoms with Crippen LogP contribution in [0.25, 0.3) is 0 Å². The molecule has 0 amide bonds. The van der Waals surface area contributed by atoms with Crippen molar-refractivity contribution in [2.24, 2.45) is 0 Å². The summed E-state index contributed by atoms with van der Waals surface area (Å²) in [7, 11) is 1.67. The Morgan fingerprint density at radius 2 is 2.20 bits per heavy atom. The second-order valence-electron chi connectivity index (χ2n) is 3.09. The van der Waals surface area contributed by atoms with Crippen molar-refractivity contribution < 1.29 is 9.47 Å². The van der Waals surface area contributed by atoms with Gasteiger partial charge in [-0.3, -0.25) is 0 Å². The minimum absolute atomic E-state index is 0.555. The van der Waals surface area contributed by atoms with E-state index < -0.39 is 0 Å². The molecular weight excluding hydrogens is 192 g/mol. The smallest absolute Gasteiger partial charge is 0.168 e.